The predicted molar refractivity (Wildman–Crippen MR) is 111 cm³/mol. The molecule has 0 bridgehead atoms. The molecule has 4 rings (SSSR count). The van der Waals surface area contributed by atoms with E-state index in [0.29, 0.717) is 11.6 Å². The highest BCUT2D eigenvalue weighted by molar-refractivity contribution is 7.15. The SMILES string of the molecule is O=C(Nc1ccc(-c2cnc(C3CCNCC3)s2)cc1)Nc1ccc(F)cc1F. The lowest BCUT2D eigenvalue weighted by atomic mass is 9.99. The van der Waals surface area contributed by atoms with Gasteiger partial charge in [-0.15, -0.1) is 11.3 Å². The molecule has 3 aromatic rings. The third-order valence-corrected chi connectivity index (χ3v) is 6.03. The van der Waals surface area contributed by atoms with Gasteiger partial charge in [0.15, 0.2) is 0 Å². The second-order valence-corrected chi connectivity index (χ2v) is 7.93. The fraction of sp³-hybridized carbons (Fsp3) is 0.238. The van der Waals surface area contributed by atoms with Gasteiger partial charge in [0.05, 0.1) is 15.6 Å². The van der Waals surface area contributed by atoms with Gasteiger partial charge < -0.3 is 16.0 Å². The number of carbonyl (C=O) groups is 1. The lowest BCUT2D eigenvalue weighted by molar-refractivity contribution is 0.262. The molecule has 8 heteroatoms. The van der Waals surface area contributed by atoms with Crippen LogP contribution in [0.5, 0.6) is 0 Å². The number of urea groups is 1. The molecular formula is C21H20F2N4OS. The quantitative estimate of drug-likeness (QED) is 0.550. The summed E-state index contributed by atoms with van der Waals surface area (Å²) in [5, 5.41) is 9.54. The number of nitrogens with zero attached hydrogens (tertiary/aromatic N) is 1. The van der Waals surface area contributed by atoms with E-state index in [4.69, 9.17) is 0 Å². The smallest absolute Gasteiger partial charge is 0.317 e. The molecule has 1 aliphatic rings. The maximum absolute atomic E-state index is 13.6. The number of benzene rings is 2. The second kappa shape index (κ2) is 8.67. The van der Waals surface area contributed by atoms with E-state index < -0.39 is 17.7 Å². The number of nitrogens with one attached hydrogen (secondary N) is 3. The number of aromatic nitrogens is 1. The summed E-state index contributed by atoms with van der Waals surface area (Å²) in [7, 11) is 0. The Hall–Kier alpha value is -2.84. The molecule has 2 heterocycles. The van der Waals surface area contributed by atoms with Crippen LogP contribution in [-0.4, -0.2) is 24.1 Å². The van der Waals surface area contributed by atoms with Crippen LogP contribution in [-0.2, 0) is 0 Å². The van der Waals surface area contributed by atoms with Crippen LogP contribution < -0.4 is 16.0 Å². The predicted octanol–water partition coefficient (Wildman–Crippen LogP) is 5.20. The summed E-state index contributed by atoms with van der Waals surface area (Å²) in [5.41, 5.74) is 1.51. The van der Waals surface area contributed by atoms with Crippen molar-refractivity contribution in [3.63, 3.8) is 0 Å². The summed E-state index contributed by atoms with van der Waals surface area (Å²) in [5.74, 6) is -1.01. The standard InChI is InChI=1S/C21H20F2N4OS/c22-15-3-6-18(17(23)11-15)27-21(28)26-16-4-1-13(2-5-16)19-12-25-20(29-19)14-7-9-24-10-8-14/h1-6,11-12,14,24H,7-10H2,(H2,26,27,28). The molecule has 0 saturated carbocycles. The first-order chi connectivity index (χ1) is 14.1. The third kappa shape index (κ3) is 4.78. The minimum absolute atomic E-state index is 0.0874. The molecule has 2 amide bonds. The molecule has 1 fully saturated rings. The molecule has 0 radical (unpaired) electrons. The molecule has 0 unspecified atom stereocenters. The minimum Gasteiger partial charge on any atom is -0.317 e. The maximum atomic E-state index is 13.6. The number of piperidine rings is 1. The van der Waals surface area contributed by atoms with Crippen LogP contribution in [0.2, 0.25) is 0 Å². The average molecular weight is 414 g/mol. The van der Waals surface area contributed by atoms with Crippen LogP contribution in [0.15, 0.2) is 48.7 Å². The van der Waals surface area contributed by atoms with E-state index in [9.17, 15) is 13.6 Å². The summed E-state index contributed by atoms with van der Waals surface area (Å²) in [6.45, 7) is 2.06. The Kier molecular flexibility index (Phi) is 5.82. The fourth-order valence-electron chi connectivity index (χ4n) is 3.27. The normalized spacial score (nSPS) is 14.6. The van der Waals surface area contributed by atoms with Gasteiger partial charge in [-0.05, 0) is 55.8 Å². The Morgan fingerprint density at radius 2 is 1.83 bits per heavy atom. The van der Waals surface area contributed by atoms with E-state index >= 15 is 0 Å². The lowest BCUT2D eigenvalue weighted by Gasteiger charge is -2.20. The van der Waals surface area contributed by atoms with Crippen LogP contribution in [0, 0.1) is 11.6 Å². The van der Waals surface area contributed by atoms with Crippen molar-refractivity contribution in [2.45, 2.75) is 18.8 Å². The topological polar surface area (TPSA) is 66.0 Å². The van der Waals surface area contributed by atoms with Crippen LogP contribution in [0.25, 0.3) is 10.4 Å². The molecule has 1 aliphatic heterocycles. The Bertz CT molecular complexity index is 1000. The lowest BCUT2D eigenvalue weighted by Crippen LogP contribution is -2.26. The number of thiazole rings is 1. The van der Waals surface area contributed by atoms with E-state index in [1.807, 2.05) is 18.3 Å². The van der Waals surface area contributed by atoms with Crippen molar-refractivity contribution in [2.24, 2.45) is 0 Å². The van der Waals surface area contributed by atoms with Crippen molar-refractivity contribution in [1.82, 2.24) is 10.3 Å². The number of hydrogen-bond acceptors (Lipinski definition) is 4. The molecule has 5 nitrogen and oxygen atoms in total. The molecular weight excluding hydrogens is 394 g/mol. The van der Waals surface area contributed by atoms with Crippen molar-refractivity contribution < 1.29 is 13.6 Å². The highest BCUT2D eigenvalue weighted by Crippen LogP contribution is 2.34. The van der Waals surface area contributed by atoms with Gasteiger partial charge in [0.2, 0.25) is 0 Å². The van der Waals surface area contributed by atoms with Crippen LogP contribution in [0.4, 0.5) is 25.0 Å². The zero-order valence-electron chi connectivity index (χ0n) is 15.5. The van der Waals surface area contributed by atoms with E-state index in [0.717, 1.165) is 48.5 Å². The van der Waals surface area contributed by atoms with Gasteiger partial charge in [-0.3, -0.25) is 0 Å². The van der Waals surface area contributed by atoms with E-state index in [2.05, 4.69) is 20.9 Å². The molecule has 0 atom stereocenters. The molecule has 29 heavy (non-hydrogen) atoms. The summed E-state index contributed by atoms with van der Waals surface area (Å²) < 4.78 is 26.6. The Morgan fingerprint density at radius 1 is 1.07 bits per heavy atom. The van der Waals surface area contributed by atoms with Gasteiger partial charge in [0.1, 0.15) is 11.6 Å². The number of anilines is 2. The van der Waals surface area contributed by atoms with Crippen molar-refractivity contribution in [1.29, 1.82) is 0 Å². The summed E-state index contributed by atoms with van der Waals surface area (Å²) in [6.07, 6.45) is 4.12. The first-order valence-corrected chi connectivity index (χ1v) is 10.2. The van der Waals surface area contributed by atoms with Crippen LogP contribution >= 0.6 is 11.3 Å². The number of halogens is 2. The van der Waals surface area contributed by atoms with Crippen molar-refractivity contribution in [3.05, 3.63) is 65.3 Å². The monoisotopic (exact) mass is 414 g/mol. The van der Waals surface area contributed by atoms with Crippen molar-refractivity contribution in [2.75, 3.05) is 23.7 Å². The van der Waals surface area contributed by atoms with Crippen LogP contribution in [0.1, 0.15) is 23.8 Å². The van der Waals surface area contributed by atoms with E-state index in [-0.39, 0.29) is 5.69 Å². The molecule has 0 aliphatic carbocycles. The van der Waals surface area contributed by atoms with Gasteiger partial charge in [-0.25, -0.2) is 18.6 Å². The highest BCUT2D eigenvalue weighted by atomic mass is 32.1. The van der Waals surface area contributed by atoms with Gasteiger partial charge in [0.25, 0.3) is 0 Å². The number of hydrogen-bond donors (Lipinski definition) is 3. The largest absolute Gasteiger partial charge is 0.323 e. The van der Waals surface area contributed by atoms with E-state index in [1.54, 1.807) is 23.5 Å². The second-order valence-electron chi connectivity index (χ2n) is 6.87. The summed E-state index contributed by atoms with van der Waals surface area (Å²) in [6, 6.07) is 9.76. The van der Waals surface area contributed by atoms with Crippen LogP contribution in [0.3, 0.4) is 0 Å². The zero-order chi connectivity index (χ0) is 20.2. The molecule has 2 aromatic carbocycles. The average Bonchev–Trinajstić information content (AvgIpc) is 3.22. The van der Waals surface area contributed by atoms with Gasteiger partial charge in [0, 0.05) is 23.9 Å². The van der Waals surface area contributed by atoms with Crippen molar-refractivity contribution in [3.8, 4) is 10.4 Å². The fourth-order valence-corrected chi connectivity index (χ4v) is 4.36. The van der Waals surface area contributed by atoms with Gasteiger partial charge in [-0.1, -0.05) is 12.1 Å². The zero-order valence-corrected chi connectivity index (χ0v) is 16.4. The summed E-state index contributed by atoms with van der Waals surface area (Å²) in [4.78, 5) is 17.7. The Morgan fingerprint density at radius 3 is 2.55 bits per heavy atom. The molecule has 150 valence electrons. The molecule has 1 saturated heterocycles. The molecule has 0 spiro atoms. The Balaban J connectivity index is 1.39. The highest BCUT2D eigenvalue weighted by Gasteiger charge is 2.18. The third-order valence-electron chi connectivity index (χ3n) is 4.82. The number of amides is 2. The van der Waals surface area contributed by atoms with Gasteiger partial charge >= 0.3 is 6.03 Å². The maximum Gasteiger partial charge on any atom is 0.323 e. The first kappa shape index (κ1) is 19.5. The minimum atomic E-state index is -0.828. The first-order valence-electron chi connectivity index (χ1n) is 9.38. The number of rotatable bonds is 4. The molecule has 3 N–H and O–H groups in total. The van der Waals surface area contributed by atoms with E-state index in [1.165, 1.54) is 11.1 Å². The van der Waals surface area contributed by atoms with Gasteiger partial charge in [-0.2, -0.15) is 0 Å². The summed E-state index contributed by atoms with van der Waals surface area (Å²) >= 11 is 1.71. The molecule has 1 aromatic heterocycles. The number of carbonyl (C=O) groups excluding carboxylic acids is 1. The Labute approximate surface area is 171 Å². The van der Waals surface area contributed by atoms with Crippen molar-refractivity contribution >= 4 is 28.7 Å².